The molecule has 0 saturated heterocycles. The maximum atomic E-state index is 11.5. The molecule has 7 heteroatoms. The van der Waals surface area contributed by atoms with Crippen molar-refractivity contribution in [2.24, 2.45) is 0 Å². The average molecular weight is 341 g/mol. The molecular weight excluding hydrogens is 322 g/mol. The predicted molar refractivity (Wildman–Crippen MR) is 94.4 cm³/mol. The minimum Gasteiger partial charge on any atom is -0.508 e. The molecule has 0 amide bonds. The minimum atomic E-state index is -0.804. The second-order valence-electron chi connectivity index (χ2n) is 6.69. The standard InChI is InChI=1S/C18H19N3O4/c1-18(2,23)7-8-20-11-13-9-17(21(24)25)15(10-16(13)19-20)12-3-5-14(22)6-4-12/h3-6,9-11,22-23H,7-8H2,1-2H3. The molecule has 0 spiro atoms. The SMILES string of the molecule is CC(C)(O)CCn1cc2cc([N+](=O)[O-])c(-c3ccc(O)cc3)cc2n1. The fourth-order valence-electron chi connectivity index (χ4n) is 2.64. The number of aromatic hydroxyl groups is 1. The van der Waals surface area contributed by atoms with Crippen molar-refractivity contribution in [3.63, 3.8) is 0 Å². The number of aryl methyl sites for hydroxylation is 1. The number of hydrogen-bond donors (Lipinski definition) is 2. The molecule has 1 aromatic heterocycles. The van der Waals surface area contributed by atoms with Crippen LogP contribution in [0.2, 0.25) is 0 Å². The Labute approximate surface area is 144 Å². The number of phenols is 1. The van der Waals surface area contributed by atoms with E-state index in [0.29, 0.717) is 35.0 Å². The summed E-state index contributed by atoms with van der Waals surface area (Å²) in [6, 6.07) is 9.44. The van der Waals surface area contributed by atoms with Crippen molar-refractivity contribution < 1.29 is 15.1 Å². The summed E-state index contributed by atoms with van der Waals surface area (Å²) in [5.41, 5.74) is 0.911. The van der Waals surface area contributed by atoms with E-state index < -0.39 is 10.5 Å². The molecule has 0 aliphatic carbocycles. The summed E-state index contributed by atoms with van der Waals surface area (Å²) in [5.74, 6) is 0.100. The first kappa shape index (κ1) is 16.9. The van der Waals surface area contributed by atoms with Crippen molar-refractivity contribution in [3.05, 3.63) is 52.7 Å². The van der Waals surface area contributed by atoms with E-state index in [4.69, 9.17) is 0 Å². The van der Waals surface area contributed by atoms with Crippen LogP contribution in [0.4, 0.5) is 5.69 Å². The van der Waals surface area contributed by atoms with Crippen molar-refractivity contribution in [2.45, 2.75) is 32.4 Å². The van der Waals surface area contributed by atoms with E-state index in [2.05, 4.69) is 5.10 Å². The second-order valence-corrected chi connectivity index (χ2v) is 6.69. The Balaban J connectivity index is 2.05. The van der Waals surface area contributed by atoms with Gasteiger partial charge in [-0.05, 0) is 44.0 Å². The predicted octanol–water partition coefficient (Wildman–Crippen LogP) is 3.48. The van der Waals surface area contributed by atoms with E-state index in [9.17, 15) is 20.3 Å². The van der Waals surface area contributed by atoms with Crippen LogP contribution in [0.15, 0.2) is 42.6 Å². The summed E-state index contributed by atoms with van der Waals surface area (Å²) in [5, 5.41) is 35.8. The van der Waals surface area contributed by atoms with Gasteiger partial charge in [0, 0.05) is 24.2 Å². The Kier molecular flexibility index (Phi) is 4.18. The second kappa shape index (κ2) is 6.18. The van der Waals surface area contributed by atoms with Crippen molar-refractivity contribution >= 4 is 16.6 Å². The number of phenolic OH excluding ortho intramolecular Hbond substituents is 1. The number of aromatic nitrogens is 2. The summed E-state index contributed by atoms with van der Waals surface area (Å²) in [4.78, 5) is 11.0. The van der Waals surface area contributed by atoms with Gasteiger partial charge in [0.15, 0.2) is 0 Å². The molecule has 0 saturated carbocycles. The van der Waals surface area contributed by atoms with Gasteiger partial charge in [-0.1, -0.05) is 12.1 Å². The van der Waals surface area contributed by atoms with Crippen LogP contribution in [-0.4, -0.2) is 30.5 Å². The van der Waals surface area contributed by atoms with E-state index in [-0.39, 0.29) is 11.4 Å². The zero-order valence-electron chi connectivity index (χ0n) is 14.0. The van der Waals surface area contributed by atoms with Crippen LogP contribution >= 0.6 is 0 Å². The smallest absolute Gasteiger partial charge is 0.278 e. The van der Waals surface area contributed by atoms with Crippen LogP contribution in [0.1, 0.15) is 20.3 Å². The highest BCUT2D eigenvalue weighted by Gasteiger charge is 2.19. The van der Waals surface area contributed by atoms with Gasteiger partial charge in [0.2, 0.25) is 0 Å². The molecule has 7 nitrogen and oxygen atoms in total. The summed E-state index contributed by atoms with van der Waals surface area (Å²) in [6.45, 7) is 3.97. The normalized spacial score (nSPS) is 11.8. The fraction of sp³-hybridized carbons (Fsp3) is 0.278. The quantitative estimate of drug-likeness (QED) is 0.546. The Bertz CT molecular complexity index is 924. The van der Waals surface area contributed by atoms with Crippen LogP contribution in [-0.2, 0) is 6.54 Å². The summed E-state index contributed by atoms with van der Waals surface area (Å²) >= 11 is 0. The van der Waals surface area contributed by atoms with E-state index in [1.807, 2.05) is 0 Å². The Morgan fingerprint density at radius 2 is 1.92 bits per heavy atom. The van der Waals surface area contributed by atoms with Crippen molar-refractivity contribution in [1.82, 2.24) is 9.78 Å². The summed E-state index contributed by atoms with van der Waals surface area (Å²) < 4.78 is 1.69. The average Bonchev–Trinajstić information content (AvgIpc) is 2.94. The topological polar surface area (TPSA) is 101 Å². The molecule has 25 heavy (non-hydrogen) atoms. The van der Waals surface area contributed by atoms with E-state index in [0.717, 1.165) is 0 Å². The largest absolute Gasteiger partial charge is 0.508 e. The zero-order chi connectivity index (χ0) is 18.2. The van der Waals surface area contributed by atoms with E-state index in [1.54, 1.807) is 42.9 Å². The van der Waals surface area contributed by atoms with Crippen molar-refractivity contribution in [2.75, 3.05) is 0 Å². The van der Waals surface area contributed by atoms with Gasteiger partial charge in [0.25, 0.3) is 5.69 Å². The lowest BCUT2D eigenvalue weighted by atomic mass is 10.0. The van der Waals surface area contributed by atoms with Gasteiger partial charge in [-0.2, -0.15) is 5.10 Å². The molecule has 3 rings (SSSR count). The van der Waals surface area contributed by atoms with Gasteiger partial charge in [0.05, 0.1) is 21.6 Å². The lowest BCUT2D eigenvalue weighted by Crippen LogP contribution is -2.21. The first-order valence-electron chi connectivity index (χ1n) is 7.90. The van der Waals surface area contributed by atoms with Crippen LogP contribution in [0.5, 0.6) is 5.75 Å². The van der Waals surface area contributed by atoms with Gasteiger partial charge in [-0.25, -0.2) is 0 Å². The van der Waals surface area contributed by atoms with Crippen LogP contribution in [0.25, 0.3) is 22.0 Å². The minimum absolute atomic E-state index is 0.0137. The molecule has 0 radical (unpaired) electrons. The molecule has 2 aromatic carbocycles. The molecule has 0 unspecified atom stereocenters. The van der Waals surface area contributed by atoms with E-state index >= 15 is 0 Å². The molecule has 0 aliphatic rings. The number of hydrogen-bond acceptors (Lipinski definition) is 5. The molecule has 130 valence electrons. The van der Waals surface area contributed by atoms with Crippen LogP contribution in [0.3, 0.4) is 0 Å². The maximum Gasteiger partial charge on any atom is 0.278 e. The first-order valence-corrected chi connectivity index (χ1v) is 7.90. The Morgan fingerprint density at radius 1 is 1.24 bits per heavy atom. The lowest BCUT2D eigenvalue weighted by Gasteiger charge is -2.16. The third kappa shape index (κ3) is 3.77. The summed E-state index contributed by atoms with van der Waals surface area (Å²) in [7, 11) is 0. The van der Waals surface area contributed by atoms with Gasteiger partial charge in [0.1, 0.15) is 5.75 Å². The molecule has 0 fully saturated rings. The highest BCUT2D eigenvalue weighted by molar-refractivity contribution is 5.89. The van der Waals surface area contributed by atoms with Crippen LogP contribution < -0.4 is 0 Å². The van der Waals surface area contributed by atoms with Crippen LogP contribution in [0, 0.1) is 10.1 Å². The lowest BCUT2D eigenvalue weighted by molar-refractivity contribution is -0.384. The van der Waals surface area contributed by atoms with Crippen molar-refractivity contribution in [1.29, 1.82) is 0 Å². The number of fused-ring (bicyclic) bond motifs is 1. The number of nitro groups is 1. The molecule has 0 atom stereocenters. The third-order valence-corrected chi connectivity index (χ3v) is 4.00. The molecular formula is C18H19N3O4. The van der Waals surface area contributed by atoms with E-state index in [1.165, 1.54) is 18.2 Å². The van der Waals surface area contributed by atoms with Gasteiger partial charge < -0.3 is 10.2 Å². The fourth-order valence-corrected chi connectivity index (χ4v) is 2.64. The third-order valence-electron chi connectivity index (χ3n) is 4.00. The molecule has 0 bridgehead atoms. The molecule has 3 aromatic rings. The highest BCUT2D eigenvalue weighted by atomic mass is 16.6. The Morgan fingerprint density at radius 3 is 2.52 bits per heavy atom. The van der Waals surface area contributed by atoms with Crippen molar-refractivity contribution in [3.8, 4) is 16.9 Å². The number of rotatable bonds is 5. The monoisotopic (exact) mass is 341 g/mol. The van der Waals surface area contributed by atoms with Gasteiger partial charge >= 0.3 is 0 Å². The number of aliphatic hydroxyl groups is 1. The Hall–Kier alpha value is -2.93. The van der Waals surface area contributed by atoms with Gasteiger partial charge in [-0.3, -0.25) is 14.8 Å². The van der Waals surface area contributed by atoms with Gasteiger partial charge in [-0.15, -0.1) is 0 Å². The molecule has 0 aliphatic heterocycles. The first-order chi connectivity index (χ1) is 11.7. The molecule has 1 heterocycles. The number of nitrogens with zero attached hydrogens (tertiary/aromatic N) is 3. The maximum absolute atomic E-state index is 11.5. The highest BCUT2D eigenvalue weighted by Crippen LogP contribution is 2.34. The zero-order valence-corrected chi connectivity index (χ0v) is 14.0. The summed E-state index contributed by atoms with van der Waals surface area (Å²) in [6.07, 6.45) is 2.27. The number of benzene rings is 2. The molecule has 2 N–H and O–H groups in total. The number of nitro benzene ring substituents is 1.